The van der Waals surface area contributed by atoms with E-state index >= 15 is 0 Å². The van der Waals surface area contributed by atoms with Crippen molar-refractivity contribution in [2.45, 2.75) is 87.9 Å². The van der Waals surface area contributed by atoms with E-state index in [4.69, 9.17) is 0 Å². The van der Waals surface area contributed by atoms with Crippen LogP contribution in [0.5, 0.6) is 0 Å². The quantitative estimate of drug-likeness (QED) is 0.0794. The molecule has 4 aliphatic heterocycles. The number of allylic oxidation sites excluding steroid dienone is 8. The maximum absolute atomic E-state index is 2.62. The fourth-order valence-electron chi connectivity index (χ4n) is 19.3. The topological polar surface area (TPSA) is 12.5 Å². The van der Waals surface area contributed by atoms with E-state index in [2.05, 4.69) is 388 Å². The summed E-state index contributed by atoms with van der Waals surface area (Å²) in [5.41, 5.74) is 22.5. The number of fused-ring (bicyclic) bond motifs is 12. The summed E-state index contributed by atoms with van der Waals surface area (Å²) < 4.78 is 4.97. The highest BCUT2D eigenvalue weighted by Crippen LogP contribution is 2.57. The maximum atomic E-state index is 2.62. The van der Waals surface area contributed by atoms with Gasteiger partial charge >= 0.3 is 0 Å². The Balaban J connectivity index is 0.750. The molecule has 0 saturated carbocycles. The van der Waals surface area contributed by atoms with Crippen molar-refractivity contribution in [3.63, 3.8) is 0 Å². The Bertz CT molecular complexity index is 5170. The van der Waals surface area contributed by atoms with Gasteiger partial charge in [-0.2, -0.15) is 9.15 Å². The van der Waals surface area contributed by atoms with Gasteiger partial charge in [-0.05, 0) is 190 Å². The summed E-state index contributed by atoms with van der Waals surface area (Å²) in [7, 11) is 4.58. The van der Waals surface area contributed by atoms with Crippen molar-refractivity contribution in [1.29, 1.82) is 0 Å². The molecule has 17 rings (SSSR count). The molecule has 0 radical (unpaired) electrons. The van der Waals surface area contributed by atoms with E-state index < -0.39 is 0 Å². The third-order valence-corrected chi connectivity index (χ3v) is 23.6. The lowest BCUT2D eigenvalue weighted by molar-refractivity contribution is -0.401. The van der Waals surface area contributed by atoms with Crippen LogP contribution < -0.4 is 9.80 Å². The third-order valence-electron chi connectivity index (χ3n) is 23.6. The van der Waals surface area contributed by atoms with Crippen molar-refractivity contribution in [1.82, 2.24) is 0 Å². The van der Waals surface area contributed by atoms with Gasteiger partial charge in [0.15, 0.2) is 11.4 Å². The lowest BCUT2D eigenvalue weighted by Crippen LogP contribution is -2.36. The molecule has 102 heavy (non-hydrogen) atoms. The Kier molecular flexibility index (Phi) is 16.4. The highest BCUT2D eigenvalue weighted by molar-refractivity contribution is 6.10. The maximum Gasteiger partial charge on any atom is 0.210 e. The summed E-state index contributed by atoms with van der Waals surface area (Å²) in [4.78, 5) is 5.23. The highest BCUT2D eigenvalue weighted by Gasteiger charge is 2.52. The standard InChI is InChI=1S/C98H88N4/c1-7-101-85-61-57-77-41-23-27-45-81(77)93(85)97(65-69-31-13-9-14-32-69,66-70-33-15-10-16-34-70)89(101)49-29-47-87-95(3,91-79-43-25-21-39-75(79)55-59-83(91)99(87)5)63-73-51-53-74(54-52-73)64-96(4)88(100(6)84-60-56-76-40-22-26-44-80(76)92(84)96)48-30-50-90-98(67-71-35-17-11-18-36-71,68-72-37-19-12-20-38-72)94-82-46-28-24-42-78(82)58-62-86(94)102(90)8-2/h9-62H,7-8,63-68H2,1-6H3/q+2. The average molecular weight is 1320 g/mol. The minimum atomic E-state index is -0.384. The van der Waals surface area contributed by atoms with Crippen molar-refractivity contribution in [2.24, 2.45) is 0 Å². The van der Waals surface area contributed by atoms with Crippen molar-refractivity contribution in [3.8, 4) is 0 Å². The van der Waals surface area contributed by atoms with E-state index in [0.29, 0.717) is 0 Å². The molecule has 13 aromatic carbocycles. The van der Waals surface area contributed by atoms with Crippen LogP contribution in [-0.2, 0) is 60.2 Å². The molecule has 498 valence electrons. The zero-order chi connectivity index (χ0) is 69.2. The largest absolute Gasteiger partial charge is 0.344 e. The molecule has 0 saturated heterocycles. The van der Waals surface area contributed by atoms with Gasteiger partial charge in [0, 0.05) is 82.1 Å². The van der Waals surface area contributed by atoms with E-state index in [1.165, 1.54) is 144 Å². The van der Waals surface area contributed by atoms with Crippen LogP contribution >= 0.6 is 0 Å². The summed E-state index contributed by atoms with van der Waals surface area (Å²) in [5.74, 6) is 0. The molecular weight excluding hydrogens is 1230 g/mol. The van der Waals surface area contributed by atoms with E-state index in [1.54, 1.807) is 0 Å². The van der Waals surface area contributed by atoms with Gasteiger partial charge in [0.25, 0.3) is 0 Å². The van der Waals surface area contributed by atoms with E-state index in [9.17, 15) is 0 Å². The summed E-state index contributed by atoms with van der Waals surface area (Å²) in [6.45, 7) is 11.4. The van der Waals surface area contributed by atoms with Gasteiger partial charge in [0.05, 0.1) is 10.8 Å². The lowest BCUT2D eigenvalue weighted by Gasteiger charge is -2.35. The van der Waals surface area contributed by atoms with Crippen LogP contribution in [0.25, 0.3) is 43.1 Å². The fraction of sp³-hybridized carbons (Fsp3) is 0.184. The molecule has 4 aliphatic rings. The first kappa shape index (κ1) is 64.2. The second-order valence-corrected chi connectivity index (χ2v) is 29.6. The van der Waals surface area contributed by atoms with Crippen LogP contribution in [0.1, 0.15) is 83.3 Å². The van der Waals surface area contributed by atoms with Gasteiger partial charge in [0.2, 0.25) is 11.4 Å². The van der Waals surface area contributed by atoms with Crippen molar-refractivity contribution >= 4 is 77.3 Å². The molecule has 0 spiro atoms. The Morgan fingerprint density at radius 2 is 0.569 bits per heavy atom. The fourth-order valence-corrected chi connectivity index (χ4v) is 19.3. The molecule has 0 N–H and O–H groups in total. The van der Waals surface area contributed by atoms with Gasteiger partial charge in [-0.25, -0.2) is 0 Å². The second-order valence-electron chi connectivity index (χ2n) is 29.6. The van der Waals surface area contributed by atoms with Crippen LogP contribution in [0.2, 0.25) is 0 Å². The Morgan fingerprint density at radius 1 is 0.294 bits per heavy atom. The summed E-state index contributed by atoms with van der Waals surface area (Å²) in [6, 6.07) is 110. The molecule has 2 atom stereocenters. The molecule has 13 aromatic rings. The molecule has 4 heterocycles. The average Bonchev–Trinajstić information content (AvgIpc) is 1.58. The molecule has 4 nitrogen and oxygen atoms in total. The Labute approximate surface area is 602 Å². The minimum Gasteiger partial charge on any atom is -0.344 e. The zero-order valence-corrected chi connectivity index (χ0v) is 59.6. The van der Waals surface area contributed by atoms with Gasteiger partial charge in [-0.3, -0.25) is 0 Å². The van der Waals surface area contributed by atoms with Crippen molar-refractivity contribution < 1.29 is 9.15 Å². The number of likely N-dealkylation sites (N-methyl/N-ethyl adjacent to an activating group) is 2. The van der Waals surface area contributed by atoms with Crippen LogP contribution in [0.3, 0.4) is 0 Å². The predicted molar refractivity (Wildman–Crippen MR) is 430 cm³/mol. The van der Waals surface area contributed by atoms with Crippen molar-refractivity contribution in [2.75, 3.05) is 37.0 Å². The van der Waals surface area contributed by atoms with Crippen LogP contribution in [0.15, 0.2) is 339 Å². The smallest absolute Gasteiger partial charge is 0.210 e. The number of rotatable bonds is 18. The number of hydrogen-bond donors (Lipinski definition) is 0. The van der Waals surface area contributed by atoms with E-state index in [1.807, 2.05) is 0 Å². The molecule has 0 bridgehead atoms. The number of anilines is 2. The van der Waals surface area contributed by atoms with Crippen LogP contribution in [0.4, 0.5) is 22.7 Å². The van der Waals surface area contributed by atoms with Crippen LogP contribution in [0, 0.1) is 0 Å². The second kappa shape index (κ2) is 26.1. The van der Waals surface area contributed by atoms with Gasteiger partial charge in [0.1, 0.15) is 14.1 Å². The third kappa shape index (κ3) is 10.7. The van der Waals surface area contributed by atoms with E-state index in [-0.39, 0.29) is 21.7 Å². The SMILES string of the molecule is CCN1C(=CC=CC2=[N+](C)c3ccc4ccccc4c3C2(C)Cc2ccc(CC3(C)C(C=CC=C4N(CC)c5ccc6ccccc6c5C4(Cc4ccccc4)Cc4ccccc4)=[N+](C)c4ccc5ccccc5c43)cc2)C(Cc2ccccc2)(Cc2ccccc2)c2c1ccc1ccccc21. The molecule has 0 aromatic heterocycles. The molecule has 0 fully saturated rings. The molecular formula is C98H88N4+2. The van der Waals surface area contributed by atoms with Gasteiger partial charge in [-0.15, -0.1) is 0 Å². The minimum absolute atomic E-state index is 0.365. The molecule has 0 amide bonds. The van der Waals surface area contributed by atoms with Gasteiger partial charge < -0.3 is 9.80 Å². The first-order valence-electron chi connectivity index (χ1n) is 36.9. The first-order valence-corrected chi connectivity index (χ1v) is 36.9. The number of hydrogen-bond acceptors (Lipinski definition) is 2. The Hall–Kier alpha value is -11.2. The lowest BCUT2D eigenvalue weighted by atomic mass is 9.69. The van der Waals surface area contributed by atoms with Crippen LogP contribution in [-0.4, -0.2) is 47.8 Å². The highest BCUT2D eigenvalue weighted by atomic mass is 15.2. The van der Waals surface area contributed by atoms with Crippen molar-refractivity contribution in [3.05, 3.63) is 395 Å². The Morgan fingerprint density at radius 3 is 0.882 bits per heavy atom. The molecule has 2 unspecified atom stereocenters. The first-order chi connectivity index (χ1) is 50.0. The molecule has 0 aliphatic carbocycles. The zero-order valence-electron chi connectivity index (χ0n) is 59.6. The normalized spacial score (nSPS) is 18.9. The summed E-state index contributed by atoms with van der Waals surface area (Å²) in [5, 5.41) is 10.4. The number of benzene rings is 13. The summed E-state index contributed by atoms with van der Waals surface area (Å²) in [6.07, 6.45) is 19.8. The summed E-state index contributed by atoms with van der Waals surface area (Å²) >= 11 is 0. The van der Waals surface area contributed by atoms with E-state index in [0.717, 1.165) is 51.6 Å². The number of nitrogens with zero attached hydrogens (tertiary/aromatic N) is 4. The monoisotopic (exact) mass is 1320 g/mol. The predicted octanol–water partition coefficient (Wildman–Crippen LogP) is 22.2. The molecule has 4 heteroatoms. The van der Waals surface area contributed by atoms with Gasteiger partial charge in [-0.1, -0.05) is 267 Å².